The number of hydrogen-bond acceptors (Lipinski definition) is 3. The maximum absolute atomic E-state index is 13.7. The maximum atomic E-state index is 13.7. The lowest BCUT2D eigenvalue weighted by Gasteiger charge is -2.29. The third-order valence-electron chi connectivity index (χ3n) is 4.15. The molecule has 1 aromatic rings. The molecule has 120 valence electrons. The van der Waals surface area contributed by atoms with Gasteiger partial charge in [-0.05, 0) is 25.0 Å². The molecule has 2 atom stereocenters. The molecule has 1 saturated carbocycles. The molecule has 7 heteroatoms. The van der Waals surface area contributed by atoms with Gasteiger partial charge in [-0.25, -0.2) is 4.39 Å². The first-order valence-electron chi connectivity index (χ1n) is 7.04. The lowest BCUT2D eigenvalue weighted by atomic mass is 9.86. The van der Waals surface area contributed by atoms with Crippen molar-refractivity contribution in [2.45, 2.75) is 32.2 Å². The molecule has 2 amide bonds. The van der Waals surface area contributed by atoms with E-state index in [0.29, 0.717) is 6.42 Å². The van der Waals surface area contributed by atoms with E-state index in [0.717, 1.165) is 12.8 Å². The second-order valence-corrected chi connectivity index (χ2v) is 6.19. The fraction of sp³-hybridized carbons (Fsp3) is 0.467. The Balaban J connectivity index is 2.01. The van der Waals surface area contributed by atoms with Gasteiger partial charge in [0.25, 0.3) is 0 Å². The second-order valence-electron chi connectivity index (χ2n) is 5.79. The van der Waals surface area contributed by atoms with Crippen molar-refractivity contribution < 1.29 is 19.1 Å². The minimum absolute atomic E-state index is 0.0670. The molecule has 0 saturated heterocycles. The van der Waals surface area contributed by atoms with Gasteiger partial charge in [0.05, 0.1) is 17.3 Å². The molecular formula is C15H18ClFN2O3. The van der Waals surface area contributed by atoms with Gasteiger partial charge in [0, 0.05) is 11.5 Å². The van der Waals surface area contributed by atoms with E-state index in [1.807, 2.05) is 6.92 Å². The maximum Gasteiger partial charge on any atom is 0.313 e. The normalized spacial score (nSPS) is 24.1. The lowest BCUT2D eigenvalue weighted by Crippen LogP contribution is -2.48. The van der Waals surface area contributed by atoms with Crippen LogP contribution in [0.25, 0.3) is 0 Å². The molecule has 1 aromatic carbocycles. The first-order chi connectivity index (χ1) is 10.4. The molecule has 1 aliphatic rings. The van der Waals surface area contributed by atoms with E-state index in [1.165, 1.54) is 18.2 Å². The van der Waals surface area contributed by atoms with E-state index in [1.54, 1.807) is 0 Å². The van der Waals surface area contributed by atoms with Crippen LogP contribution < -0.4 is 10.6 Å². The largest absolute Gasteiger partial charge is 0.396 e. The second kappa shape index (κ2) is 6.62. The summed E-state index contributed by atoms with van der Waals surface area (Å²) >= 11 is 5.62. The highest BCUT2D eigenvalue weighted by molar-refractivity contribution is 6.40. The monoisotopic (exact) mass is 328 g/mol. The Morgan fingerprint density at radius 1 is 1.45 bits per heavy atom. The number of nitrogens with one attached hydrogen (secondary N) is 2. The fourth-order valence-corrected chi connectivity index (χ4v) is 2.85. The van der Waals surface area contributed by atoms with E-state index in [-0.39, 0.29) is 23.4 Å². The SMILES string of the molecule is CC1(CO)CCCC1NC(=O)C(=O)Nc1cccc(Cl)c1F. The molecule has 1 fully saturated rings. The minimum atomic E-state index is -0.964. The summed E-state index contributed by atoms with van der Waals surface area (Å²) in [5, 5.41) is 14.1. The number of amides is 2. The molecule has 5 nitrogen and oxygen atoms in total. The average molecular weight is 329 g/mol. The highest BCUT2D eigenvalue weighted by Crippen LogP contribution is 2.37. The van der Waals surface area contributed by atoms with Crippen LogP contribution in [0.4, 0.5) is 10.1 Å². The van der Waals surface area contributed by atoms with Crippen LogP contribution in [0.5, 0.6) is 0 Å². The van der Waals surface area contributed by atoms with Gasteiger partial charge in [-0.15, -0.1) is 0 Å². The quantitative estimate of drug-likeness (QED) is 0.743. The smallest absolute Gasteiger partial charge is 0.313 e. The molecular weight excluding hydrogens is 311 g/mol. The molecule has 2 rings (SSSR count). The Kier molecular flexibility index (Phi) is 5.03. The molecule has 0 heterocycles. The van der Waals surface area contributed by atoms with Crippen molar-refractivity contribution in [3.63, 3.8) is 0 Å². The third kappa shape index (κ3) is 3.39. The summed E-state index contributed by atoms with van der Waals surface area (Å²) in [6.07, 6.45) is 2.34. The van der Waals surface area contributed by atoms with Crippen LogP contribution in [0.1, 0.15) is 26.2 Å². The molecule has 2 unspecified atom stereocenters. The van der Waals surface area contributed by atoms with E-state index in [2.05, 4.69) is 10.6 Å². The van der Waals surface area contributed by atoms with Crippen molar-refractivity contribution in [2.75, 3.05) is 11.9 Å². The Hall–Kier alpha value is -1.66. The third-order valence-corrected chi connectivity index (χ3v) is 4.45. The summed E-state index contributed by atoms with van der Waals surface area (Å²) < 4.78 is 13.7. The Labute approximate surface area is 132 Å². The van der Waals surface area contributed by atoms with Crippen molar-refractivity contribution in [1.29, 1.82) is 0 Å². The number of aliphatic hydroxyl groups excluding tert-OH is 1. The Morgan fingerprint density at radius 3 is 2.86 bits per heavy atom. The van der Waals surface area contributed by atoms with E-state index >= 15 is 0 Å². The first-order valence-corrected chi connectivity index (χ1v) is 7.42. The summed E-state index contributed by atoms with van der Waals surface area (Å²) in [5.41, 5.74) is -0.582. The topological polar surface area (TPSA) is 78.4 Å². The molecule has 0 radical (unpaired) electrons. The molecule has 1 aliphatic carbocycles. The van der Waals surface area contributed by atoms with Crippen molar-refractivity contribution in [2.24, 2.45) is 5.41 Å². The predicted octanol–water partition coefficient (Wildman–Crippen LogP) is 2.08. The predicted molar refractivity (Wildman–Crippen MR) is 81.0 cm³/mol. The van der Waals surface area contributed by atoms with Gasteiger partial charge in [0.2, 0.25) is 0 Å². The molecule has 3 N–H and O–H groups in total. The number of carbonyl (C=O) groups excluding carboxylic acids is 2. The van der Waals surface area contributed by atoms with Crippen LogP contribution in [0.15, 0.2) is 18.2 Å². The minimum Gasteiger partial charge on any atom is -0.396 e. The van der Waals surface area contributed by atoms with Gasteiger partial charge in [-0.3, -0.25) is 9.59 Å². The number of halogens is 2. The average Bonchev–Trinajstić information content (AvgIpc) is 2.85. The molecule has 0 bridgehead atoms. The summed E-state index contributed by atoms with van der Waals surface area (Å²) in [6.45, 7) is 1.79. The van der Waals surface area contributed by atoms with Crippen LogP contribution in [0.3, 0.4) is 0 Å². The van der Waals surface area contributed by atoms with Crippen LogP contribution in [-0.2, 0) is 9.59 Å². The summed E-state index contributed by atoms with van der Waals surface area (Å²) in [4.78, 5) is 23.8. The summed E-state index contributed by atoms with van der Waals surface area (Å²) in [6, 6.07) is 3.86. The van der Waals surface area contributed by atoms with Crippen molar-refractivity contribution in [1.82, 2.24) is 5.32 Å². The highest BCUT2D eigenvalue weighted by Gasteiger charge is 2.39. The summed E-state index contributed by atoms with van der Waals surface area (Å²) in [7, 11) is 0. The van der Waals surface area contributed by atoms with Crippen molar-refractivity contribution in [3.05, 3.63) is 29.0 Å². The van der Waals surface area contributed by atoms with Crippen LogP contribution in [-0.4, -0.2) is 29.6 Å². The zero-order valence-corrected chi connectivity index (χ0v) is 12.9. The van der Waals surface area contributed by atoms with Crippen LogP contribution in [0.2, 0.25) is 5.02 Å². The summed E-state index contributed by atoms with van der Waals surface area (Å²) in [5.74, 6) is -2.61. The van der Waals surface area contributed by atoms with Gasteiger partial charge >= 0.3 is 11.8 Å². The zero-order chi connectivity index (χ0) is 16.3. The van der Waals surface area contributed by atoms with Gasteiger partial charge in [-0.1, -0.05) is 31.0 Å². The van der Waals surface area contributed by atoms with Crippen molar-refractivity contribution >= 4 is 29.1 Å². The van der Waals surface area contributed by atoms with Gasteiger partial charge in [-0.2, -0.15) is 0 Å². The van der Waals surface area contributed by atoms with Gasteiger partial charge in [0.15, 0.2) is 5.82 Å². The van der Waals surface area contributed by atoms with Gasteiger partial charge in [0.1, 0.15) is 0 Å². The molecule has 0 aromatic heterocycles. The number of benzene rings is 1. The van der Waals surface area contributed by atoms with E-state index in [9.17, 15) is 19.1 Å². The number of anilines is 1. The Bertz CT molecular complexity index is 596. The standard InChI is InChI=1S/C15H18ClFN2O3/c1-15(8-20)7-3-6-11(15)19-14(22)13(21)18-10-5-2-4-9(16)12(10)17/h2,4-5,11,20H,3,6-8H2,1H3,(H,18,21)(H,19,22). The number of rotatable bonds is 3. The van der Waals surface area contributed by atoms with Crippen molar-refractivity contribution in [3.8, 4) is 0 Å². The Morgan fingerprint density at radius 2 is 2.18 bits per heavy atom. The number of carbonyl (C=O) groups is 2. The van der Waals surface area contributed by atoms with Gasteiger partial charge < -0.3 is 15.7 Å². The molecule has 22 heavy (non-hydrogen) atoms. The van der Waals surface area contributed by atoms with Crippen LogP contribution in [0, 0.1) is 11.2 Å². The highest BCUT2D eigenvalue weighted by atomic mass is 35.5. The molecule has 0 aliphatic heterocycles. The number of aliphatic hydroxyl groups is 1. The van der Waals surface area contributed by atoms with Crippen LogP contribution >= 0.6 is 11.6 Å². The zero-order valence-electron chi connectivity index (χ0n) is 12.2. The van der Waals surface area contributed by atoms with E-state index in [4.69, 9.17) is 11.6 Å². The first kappa shape index (κ1) is 16.7. The number of hydrogen-bond donors (Lipinski definition) is 3. The lowest BCUT2D eigenvalue weighted by molar-refractivity contribution is -0.137. The van der Waals surface area contributed by atoms with E-state index < -0.39 is 23.0 Å². The fourth-order valence-electron chi connectivity index (χ4n) is 2.67. The molecule has 0 spiro atoms.